The maximum Gasteiger partial charge on any atom is 0.328 e. The van der Waals surface area contributed by atoms with Crippen LogP contribution in [0.3, 0.4) is 0 Å². The summed E-state index contributed by atoms with van der Waals surface area (Å²) in [6, 6.07) is 0. The lowest BCUT2D eigenvalue weighted by atomic mass is 10.1. The zero-order valence-electron chi connectivity index (χ0n) is 14.5. The lowest BCUT2D eigenvalue weighted by Crippen LogP contribution is -2.22. The fourth-order valence-corrected chi connectivity index (χ4v) is 1.77. The Morgan fingerprint density at radius 1 is 0.875 bits per heavy atom. The minimum absolute atomic E-state index is 0.153. The molecule has 0 heterocycles. The molecule has 0 unspecified atom stereocenters. The van der Waals surface area contributed by atoms with Gasteiger partial charge in [0.2, 0.25) is 5.91 Å². The Labute approximate surface area is 143 Å². The number of rotatable bonds is 13. The van der Waals surface area contributed by atoms with E-state index >= 15 is 0 Å². The van der Waals surface area contributed by atoms with Crippen LogP contribution in [0.2, 0.25) is 0 Å². The molecule has 7 nitrogen and oxygen atoms in total. The van der Waals surface area contributed by atoms with Crippen LogP contribution in [0.1, 0.15) is 64.7 Å². The van der Waals surface area contributed by atoms with E-state index in [0.717, 1.165) is 25.0 Å². The van der Waals surface area contributed by atoms with Gasteiger partial charge < -0.3 is 20.6 Å². The number of carboxylic acid groups (broad SMARTS) is 2. The van der Waals surface area contributed by atoms with Gasteiger partial charge in [-0.25, -0.2) is 4.79 Å². The number of aliphatic carboxylic acids is 2. The van der Waals surface area contributed by atoms with E-state index in [1.165, 1.54) is 38.5 Å². The Morgan fingerprint density at radius 2 is 1.42 bits per heavy atom. The molecule has 0 aliphatic rings. The molecule has 7 heteroatoms. The molecule has 0 saturated heterocycles. The highest BCUT2D eigenvalue weighted by Crippen LogP contribution is 2.07. The standard InChI is InChI=1S/C14H25NO3.C3H6O3/c1-2-3-4-5-6-7-8-9-12-15-13(16)10-11-14(17)18;4-2-1-3(5)6/h10-11H,2-9,12H2,1H3,(H,15,16)(H,17,18);4H,1-2H2,(H,5,6). The summed E-state index contributed by atoms with van der Waals surface area (Å²) >= 11 is 0. The van der Waals surface area contributed by atoms with Crippen molar-refractivity contribution in [2.24, 2.45) is 0 Å². The molecule has 140 valence electrons. The molecule has 24 heavy (non-hydrogen) atoms. The number of hydrogen-bond donors (Lipinski definition) is 4. The lowest BCUT2D eigenvalue weighted by molar-refractivity contribution is -0.137. The van der Waals surface area contributed by atoms with Crippen molar-refractivity contribution in [3.63, 3.8) is 0 Å². The second kappa shape index (κ2) is 19.2. The maximum absolute atomic E-state index is 11.1. The molecule has 4 N–H and O–H groups in total. The van der Waals surface area contributed by atoms with E-state index in [1.54, 1.807) is 0 Å². The van der Waals surface area contributed by atoms with E-state index in [2.05, 4.69) is 12.2 Å². The first-order valence-electron chi connectivity index (χ1n) is 8.45. The van der Waals surface area contributed by atoms with E-state index in [4.69, 9.17) is 15.3 Å². The molecular weight excluding hydrogens is 314 g/mol. The van der Waals surface area contributed by atoms with Gasteiger partial charge in [-0.15, -0.1) is 0 Å². The van der Waals surface area contributed by atoms with E-state index < -0.39 is 11.9 Å². The number of hydrogen-bond acceptors (Lipinski definition) is 4. The molecule has 0 rings (SSSR count). The number of nitrogens with one attached hydrogen (secondary N) is 1. The number of carboxylic acids is 2. The smallest absolute Gasteiger partial charge is 0.328 e. The molecule has 0 spiro atoms. The number of unbranched alkanes of at least 4 members (excludes halogenated alkanes) is 7. The molecule has 0 bridgehead atoms. The maximum atomic E-state index is 11.1. The van der Waals surface area contributed by atoms with E-state index in [-0.39, 0.29) is 18.9 Å². The van der Waals surface area contributed by atoms with Crippen LogP contribution in [-0.2, 0) is 14.4 Å². The van der Waals surface area contributed by atoms with Crippen LogP contribution in [0.25, 0.3) is 0 Å². The van der Waals surface area contributed by atoms with Gasteiger partial charge in [-0.2, -0.15) is 0 Å². The minimum Gasteiger partial charge on any atom is -0.481 e. The molecule has 0 fully saturated rings. The second-order valence-electron chi connectivity index (χ2n) is 5.30. The molecule has 0 radical (unpaired) electrons. The highest BCUT2D eigenvalue weighted by molar-refractivity contribution is 5.93. The summed E-state index contributed by atoms with van der Waals surface area (Å²) in [6.07, 6.45) is 11.5. The average Bonchev–Trinajstić information content (AvgIpc) is 2.52. The second-order valence-corrected chi connectivity index (χ2v) is 5.30. The molecule has 0 aromatic carbocycles. The van der Waals surface area contributed by atoms with Gasteiger partial charge in [0.25, 0.3) is 0 Å². The Bertz CT molecular complexity index is 368. The SMILES string of the molecule is CCCCCCCCCCNC(=O)C=CC(=O)O.O=C(O)CCO. The molecule has 1 amide bonds. The Balaban J connectivity index is 0. The first kappa shape index (κ1) is 24.4. The van der Waals surface area contributed by atoms with Crippen LogP contribution < -0.4 is 5.32 Å². The Morgan fingerprint density at radius 3 is 1.83 bits per heavy atom. The Hall–Kier alpha value is -1.89. The van der Waals surface area contributed by atoms with Gasteiger partial charge in [0, 0.05) is 18.7 Å². The largest absolute Gasteiger partial charge is 0.481 e. The molecule has 0 saturated carbocycles. The van der Waals surface area contributed by atoms with Crippen LogP contribution in [0.5, 0.6) is 0 Å². The monoisotopic (exact) mass is 345 g/mol. The summed E-state index contributed by atoms with van der Waals surface area (Å²) in [7, 11) is 0. The van der Waals surface area contributed by atoms with E-state index in [9.17, 15) is 14.4 Å². The van der Waals surface area contributed by atoms with Gasteiger partial charge in [0.15, 0.2) is 0 Å². The highest BCUT2D eigenvalue weighted by Gasteiger charge is 1.96. The number of amides is 1. The number of carbonyl (C=O) groups is 3. The number of aliphatic hydroxyl groups is 1. The summed E-state index contributed by atoms with van der Waals surface area (Å²) in [5.74, 6) is -2.39. The van der Waals surface area contributed by atoms with Crippen LogP contribution in [-0.4, -0.2) is 46.3 Å². The quantitative estimate of drug-likeness (QED) is 0.300. The van der Waals surface area contributed by atoms with Gasteiger partial charge in [-0.3, -0.25) is 9.59 Å². The first-order valence-corrected chi connectivity index (χ1v) is 8.45. The van der Waals surface area contributed by atoms with Gasteiger partial charge in [0.1, 0.15) is 0 Å². The van der Waals surface area contributed by atoms with Crippen molar-refractivity contribution in [3.8, 4) is 0 Å². The van der Waals surface area contributed by atoms with Crippen molar-refractivity contribution in [2.75, 3.05) is 13.2 Å². The Kier molecular flexibility index (Phi) is 19.4. The van der Waals surface area contributed by atoms with Gasteiger partial charge in [-0.05, 0) is 6.42 Å². The van der Waals surface area contributed by atoms with Crippen molar-refractivity contribution < 1.29 is 29.7 Å². The minimum atomic E-state index is -1.10. The molecule has 0 aliphatic heterocycles. The first-order chi connectivity index (χ1) is 11.4. The van der Waals surface area contributed by atoms with E-state index in [0.29, 0.717) is 6.54 Å². The van der Waals surface area contributed by atoms with Crippen molar-refractivity contribution >= 4 is 17.8 Å². The number of aliphatic hydroxyl groups excluding tert-OH is 1. The van der Waals surface area contributed by atoms with Crippen LogP contribution in [0.4, 0.5) is 0 Å². The highest BCUT2D eigenvalue weighted by atomic mass is 16.4. The fraction of sp³-hybridized carbons (Fsp3) is 0.706. The van der Waals surface area contributed by atoms with Crippen LogP contribution in [0.15, 0.2) is 12.2 Å². The third kappa shape index (κ3) is 25.1. The third-order valence-corrected chi connectivity index (χ3v) is 3.03. The predicted molar refractivity (Wildman–Crippen MR) is 91.7 cm³/mol. The zero-order chi connectivity index (χ0) is 18.6. The summed E-state index contributed by atoms with van der Waals surface area (Å²) in [5, 5.41) is 26.6. The predicted octanol–water partition coefficient (Wildman–Crippen LogP) is 2.34. The van der Waals surface area contributed by atoms with Crippen LogP contribution in [0, 0.1) is 0 Å². The fourth-order valence-electron chi connectivity index (χ4n) is 1.77. The molecule has 0 aromatic heterocycles. The molecule has 0 aliphatic carbocycles. The summed E-state index contributed by atoms with van der Waals surface area (Å²) in [5.41, 5.74) is 0. The van der Waals surface area contributed by atoms with Crippen LogP contribution >= 0.6 is 0 Å². The summed E-state index contributed by atoms with van der Waals surface area (Å²) in [4.78, 5) is 30.7. The number of carbonyl (C=O) groups excluding carboxylic acids is 1. The summed E-state index contributed by atoms with van der Waals surface area (Å²) < 4.78 is 0. The van der Waals surface area contributed by atoms with Crippen molar-refractivity contribution in [3.05, 3.63) is 12.2 Å². The van der Waals surface area contributed by atoms with Crippen molar-refractivity contribution in [1.82, 2.24) is 5.32 Å². The van der Waals surface area contributed by atoms with Crippen molar-refractivity contribution in [1.29, 1.82) is 0 Å². The van der Waals surface area contributed by atoms with Crippen molar-refractivity contribution in [2.45, 2.75) is 64.7 Å². The van der Waals surface area contributed by atoms with Gasteiger partial charge in [-0.1, -0.05) is 51.9 Å². The average molecular weight is 345 g/mol. The summed E-state index contributed by atoms with van der Waals surface area (Å²) in [6.45, 7) is 2.56. The normalized spacial score (nSPS) is 10.1. The zero-order valence-corrected chi connectivity index (χ0v) is 14.5. The molecule has 0 aromatic rings. The van der Waals surface area contributed by atoms with E-state index in [1.807, 2.05) is 0 Å². The lowest BCUT2D eigenvalue weighted by Gasteiger charge is -2.02. The third-order valence-electron chi connectivity index (χ3n) is 3.03. The van der Waals surface area contributed by atoms with Gasteiger partial charge in [0.05, 0.1) is 13.0 Å². The molecular formula is C17H31NO6. The van der Waals surface area contributed by atoms with Gasteiger partial charge >= 0.3 is 11.9 Å². The molecule has 0 atom stereocenters. The topological polar surface area (TPSA) is 124 Å².